The molecule has 0 unspecified atom stereocenters. The third-order valence-corrected chi connectivity index (χ3v) is 4.56. The van der Waals surface area contributed by atoms with Crippen LogP contribution in [0.5, 0.6) is 5.75 Å². The van der Waals surface area contributed by atoms with E-state index in [0.29, 0.717) is 19.4 Å². The Labute approximate surface area is 138 Å². The Balaban J connectivity index is 1.83. The van der Waals surface area contributed by atoms with E-state index in [1.165, 1.54) is 0 Å². The van der Waals surface area contributed by atoms with Crippen molar-refractivity contribution in [3.05, 3.63) is 24.3 Å². The van der Waals surface area contributed by atoms with Crippen LogP contribution in [0.1, 0.15) is 45.4 Å². The highest BCUT2D eigenvalue weighted by Crippen LogP contribution is 2.31. The first-order valence-electron chi connectivity index (χ1n) is 8.47. The zero-order chi connectivity index (χ0) is 16.7. The fraction of sp³-hybridized carbons (Fsp3) is 0.611. The fourth-order valence-corrected chi connectivity index (χ4v) is 3.09. The maximum atomic E-state index is 12.3. The smallest absolute Gasteiger partial charge is 0.242 e. The van der Waals surface area contributed by atoms with Crippen molar-refractivity contribution in [1.29, 1.82) is 0 Å². The molecule has 2 rings (SSSR count). The summed E-state index contributed by atoms with van der Waals surface area (Å²) < 4.78 is 5.20. The van der Waals surface area contributed by atoms with Crippen molar-refractivity contribution < 1.29 is 14.6 Å². The van der Waals surface area contributed by atoms with Crippen LogP contribution in [-0.2, 0) is 4.79 Å². The second-order valence-electron chi connectivity index (χ2n) is 6.31. The number of anilines is 1. The molecule has 1 aromatic carbocycles. The van der Waals surface area contributed by atoms with Gasteiger partial charge in [0.15, 0.2) is 0 Å². The maximum absolute atomic E-state index is 12.3. The van der Waals surface area contributed by atoms with Crippen molar-refractivity contribution >= 4 is 11.6 Å². The number of hydrogen-bond donors (Lipinski definition) is 3. The molecule has 1 aromatic rings. The maximum Gasteiger partial charge on any atom is 0.242 e. The quantitative estimate of drug-likeness (QED) is 0.689. The predicted molar refractivity (Wildman–Crippen MR) is 91.7 cm³/mol. The van der Waals surface area contributed by atoms with E-state index < -0.39 is 5.60 Å². The van der Waals surface area contributed by atoms with Crippen LogP contribution in [0.4, 0.5) is 5.69 Å². The summed E-state index contributed by atoms with van der Waals surface area (Å²) in [6, 6.07) is 7.26. The van der Waals surface area contributed by atoms with Crippen LogP contribution in [0.3, 0.4) is 0 Å². The lowest BCUT2D eigenvalue weighted by molar-refractivity contribution is -0.122. The highest BCUT2D eigenvalue weighted by molar-refractivity contribution is 5.84. The molecule has 1 fully saturated rings. The van der Waals surface area contributed by atoms with Gasteiger partial charge < -0.3 is 20.5 Å². The Bertz CT molecular complexity index is 513. The molecule has 128 valence electrons. The zero-order valence-electron chi connectivity index (χ0n) is 14.1. The van der Waals surface area contributed by atoms with Crippen molar-refractivity contribution in [2.24, 2.45) is 0 Å². The zero-order valence-corrected chi connectivity index (χ0v) is 14.1. The van der Waals surface area contributed by atoms with Gasteiger partial charge in [0.2, 0.25) is 5.91 Å². The Hall–Kier alpha value is -1.75. The summed E-state index contributed by atoms with van der Waals surface area (Å²) in [5.41, 5.74) is 0.288. The van der Waals surface area contributed by atoms with E-state index in [-0.39, 0.29) is 11.9 Å². The van der Waals surface area contributed by atoms with Gasteiger partial charge in [0.05, 0.1) is 12.7 Å². The molecule has 0 bridgehead atoms. The van der Waals surface area contributed by atoms with Gasteiger partial charge in [0, 0.05) is 18.3 Å². The van der Waals surface area contributed by atoms with Gasteiger partial charge in [-0.15, -0.1) is 0 Å². The molecule has 0 saturated heterocycles. The minimum absolute atomic E-state index is 0.0306. The molecule has 0 aliphatic heterocycles. The normalized spacial score (nSPS) is 17.5. The minimum atomic E-state index is -0.574. The molecule has 1 aliphatic rings. The van der Waals surface area contributed by atoms with Crippen molar-refractivity contribution in [3.8, 4) is 5.75 Å². The van der Waals surface area contributed by atoms with Crippen LogP contribution in [-0.4, -0.2) is 36.3 Å². The number of methoxy groups -OCH3 is 1. The molecule has 5 heteroatoms. The number of aliphatic hydroxyl groups is 1. The van der Waals surface area contributed by atoms with E-state index in [1.54, 1.807) is 7.11 Å². The van der Waals surface area contributed by atoms with Crippen LogP contribution < -0.4 is 15.4 Å². The second kappa shape index (κ2) is 8.20. The first-order valence-corrected chi connectivity index (χ1v) is 8.47. The summed E-state index contributed by atoms with van der Waals surface area (Å²) >= 11 is 0. The number of ether oxygens (including phenoxy) is 1. The Kier molecular flexibility index (Phi) is 6.28. The average Bonchev–Trinajstić information content (AvgIpc) is 2.99. The first-order chi connectivity index (χ1) is 11.1. The van der Waals surface area contributed by atoms with Crippen LogP contribution in [0.25, 0.3) is 0 Å². The fourth-order valence-electron chi connectivity index (χ4n) is 3.09. The van der Waals surface area contributed by atoms with Gasteiger partial charge in [-0.2, -0.15) is 0 Å². The Morgan fingerprint density at radius 2 is 2.13 bits per heavy atom. The topological polar surface area (TPSA) is 70.6 Å². The summed E-state index contributed by atoms with van der Waals surface area (Å²) in [6.45, 7) is 2.49. The summed E-state index contributed by atoms with van der Waals surface area (Å²) in [5, 5.41) is 16.5. The SMILES string of the molecule is CC[C@H](Nc1cccc(OC)c1)C(=O)NCCC1(O)CCCC1. The molecule has 1 aliphatic carbocycles. The number of nitrogens with one attached hydrogen (secondary N) is 2. The van der Waals surface area contributed by atoms with Crippen LogP contribution >= 0.6 is 0 Å². The van der Waals surface area contributed by atoms with E-state index >= 15 is 0 Å². The highest BCUT2D eigenvalue weighted by Gasteiger charge is 2.30. The lowest BCUT2D eigenvalue weighted by Crippen LogP contribution is -2.41. The molecule has 5 nitrogen and oxygen atoms in total. The molecule has 0 spiro atoms. The third kappa shape index (κ3) is 5.13. The van der Waals surface area contributed by atoms with Crippen LogP contribution in [0, 0.1) is 0 Å². The molecule has 3 N–H and O–H groups in total. The third-order valence-electron chi connectivity index (χ3n) is 4.56. The summed E-state index contributed by atoms with van der Waals surface area (Å²) in [6.07, 6.45) is 5.19. The van der Waals surface area contributed by atoms with E-state index in [2.05, 4.69) is 10.6 Å². The molecule has 0 aromatic heterocycles. The van der Waals surface area contributed by atoms with Gasteiger partial charge in [-0.25, -0.2) is 0 Å². The lowest BCUT2D eigenvalue weighted by Gasteiger charge is -2.23. The van der Waals surface area contributed by atoms with E-state index in [4.69, 9.17) is 4.74 Å². The van der Waals surface area contributed by atoms with Gasteiger partial charge >= 0.3 is 0 Å². The number of benzene rings is 1. The molecule has 23 heavy (non-hydrogen) atoms. The molecule has 1 amide bonds. The first kappa shape index (κ1) is 17.6. The van der Waals surface area contributed by atoms with Gasteiger partial charge in [-0.3, -0.25) is 4.79 Å². The molecular formula is C18H28N2O3. The van der Waals surface area contributed by atoms with Gasteiger partial charge in [0.25, 0.3) is 0 Å². The highest BCUT2D eigenvalue weighted by atomic mass is 16.5. The minimum Gasteiger partial charge on any atom is -0.497 e. The van der Waals surface area contributed by atoms with Crippen molar-refractivity contribution in [2.45, 2.75) is 57.1 Å². The largest absolute Gasteiger partial charge is 0.497 e. The number of carbonyl (C=O) groups is 1. The molecule has 0 radical (unpaired) electrons. The molecular weight excluding hydrogens is 292 g/mol. The predicted octanol–water partition coefficient (Wildman–Crippen LogP) is 2.70. The average molecular weight is 320 g/mol. The molecule has 0 heterocycles. The Morgan fingerprint density at radius 3 is 2.78 bits per heavy atom. The van der Waals surface area contributed by atoms with E-state index in [1.807, 2.05) is 31.2 Å². The number of hydrogen-bond acceptors (Lipinski definition) is 4. The number of amides is 1. The van der Waals surface area contributed by atoms with Crippen LogP contribution in [0.2, 0.25) is 0 Å². The summed E-state index contributed by atoms with van der Waals surface area (Å²) in [4.78, 5) is 12.3. The monoisotopic (exact) mass is 320 g/mol. The van der Waals surface area contributed by atoms with Gasteiger partial charge in [0.1, 0.15) is 11.8 Å². The molecule has 1 saturated carbocycles. The number of rotatable bonds is 8. The van der Waals surface area contributed by atoms with Crippen molar-refractivity contribution in [2.75, 3.05) is 19.0 Å². The second-order valence-corrected chi connectivity index (χ2v) is 6.31. The Morgan fingerprint density at radius 1 is 1.39 bits per heavy atom. The lowest BCUT2D eigenvalue weighted by atomic mass is 9.98. The standard InChI is InChI=1S/C18H28N2O3/c1-3-16(20-14-7-6-8-15(13-14)23-2)17(21)19-12-11-18(22)9-4-5-10-18/h6-8,13,16,20,22H,3-5,9-12H2,1-2H3,(H,19,21)/t16-/m0/s1. The van der Waals surface area contributed by atoms with E-state index in [0.717, 1.165) is 37.1 Å². The van der Waals surface area contributed by atoms with Crippen molar-refractivity contribution in [3.63, 3.8) is 0 Å². The van der Waals surface area contributed by atoms with Gasteiger partial charge in [-0.1, -0.05) is 25.8 Å². The van der Waals surface area contributed by atoms with Crippen molar-refractivity contribution in [1.82, 2.24) is 5.32 Å². The summed E-state index contributed by atoms with van der Waals surface area (Å²) in [5.74, 6) is 0.727. The van der Waals surface area contributed by atoms with Gasteiger partial charge in [-0.05, 0) is 37.8 Å². The van der Waals surface area contributed by atoms with E-state index in [9.17, 15) is 9.90 Å². The summed E-state index contributed by atoms with van der Waals surface area (Å²) in [7, 11) is 1.62. The number of carbonyl (C=O) groups excluding carboxylic acids is 1. The molecule has 1 atom stereocenters. The van der Waals surface area contributed by atoms with Crippen LogP contribution in [0.15, 0.2) is 24.3 Å².